The Kier molecular flexibility index (Phi) is 8.55. The Morgan fingerprint density at radius 2 is 1.81 bits per heavy atom. The summed E-state index contributed by atoms with van der Waals surface area (Å²) >= 11 is 0. The zero-order valence-corrected chi connectivity index (χ0v) is 16.0. The van der Waals surface area contributed by atoms with Crippen molar-refractivity contribution in [2.24, 2.45) is 5.92 Å². The van der Waals surface area contributed by atoms with Crippen LogP contribution in [-0.2, 0) is 14.3 Å². The summed E-state index contributed by atoms with van der Waals surface area (Å²) in [4.78, 5) is 38.4. The summed E-state index contributed by atoms with van der Waals surface area (Å²) in [6, 6.07) is 7.80. The summed E-state index contributed by atoms with van der Waals surface area (Å²) < 4.78 is 5.15. The molecule has 6 heteroatoms. The van der Waals surface area contributed by atoms with E-state index in [1.165, 1.54) is 0 Å². The van der Waals surface area contributed by atoms with Gasteiger partial charge < -0.3 is 15.0 Å². The van der Waals surface area contributed by atoms with Gasteiger partial charge in [0.1, 0.15) is 6.04 Å². The minimum absolute atomic E-state index is 0.178. The van der Waals surface area contributed by atoms with Crippen LogP contribution in [0.15, 0.2) is 42.5 Å². The third-order valence-corrected chi connectivity index (χ3v) is 3.78. The van der Waals surface area contributed by atoms with Crippen LogP contribution < -0.4 is 5.32 Å². The first-order valence-electron chi connectivity index (χ1n) is 8.71. The lowest BCUT2D eigenvalue weighted by Gasteiger charge is -2.23. The molecule has 0 radical (unpaired) electrons. The molecular weight excluding hydrogens is 332 g/mol. The molecule has 2 amide bonds. The van der Waals surface area contributed by atoms with Crippen molar-refractivity contribution < 1.29 is 19.1 Å². The zero-order chi connectivity index (χ0) is 19.7. The molecule has 26 heavy (non-hydrogen) atoms. The van der Waals surface area contributed by atoms with Gasteiger partial charge in [0, 0.05) is 18.7 Å². The fourth-order valence-electron chi connectivity index (χ4n) is 2.33. The van der Waals surface area contributed by atoms with Crippen LogP contribution in [-0.4, -0.2) is 48.4 Å². The predicted molar refractivity (Wildman–Crippen MR) is 101 cm³/mol. The molecule has 1 N–H and O–H groups in total. The molecule has 0 aliphatic carbocycles. The monoisotopic (exact) mass is 360 g/mol. The standard InChI is InChI=1S/C20H28N2O4/c1-6-22(12-14(2)3)17(23)13-26-20(25)18(15(4)5)21-19(24)16-10-8-7-9-11-16/h7-11,15,18H,2,6,12-13H2,1,3-5H3,(H,21,24)/t18-/m1/s1. The van der Waals surface area contributed by atoms with E-state index in [9.17, 15) is 14.4 Å². The summed E-state index contributed by atoms with van der Waals surface area (Å²) in [6.07, 6.45) is 0. The number of nitrogens with zero attached hydrogens (tertiary/aromatic N) is 1. The van der Waals surface area contributed by atoms with E-state index in [-0.39, 0.29) is 24.3 Å². The van der Waals surface area contributed by atoms with Crippen molar-refractivity contribution in [1.82, 2.24) is 10.2 Å². The van der Waals surface area contributed by atoms with Crippen LogP contribution in [0.1, 0.15) is 38.1 Å². The lowest BCUT2D eigenvalue weighted by atomic mass is 10.0. The van der Waals surface area contributed by atoms with Gasteiger partial charge in [0.25, 0.3) is 11.8 Å². The molecule has 1 atom stereocenters. The minimum atomic E-state index is -0.827. The maximum Gasteiger partial charge on any atom is 0.329 e. The normalized spacial score (nSPS) is 11.6. The third-order valence-electron chi connectivity index (χ3n) is 3.78. The lowest BCUT2D eigenvalue weighted by Crippen LogP contribution is -2.46. The molecule has 142 valence electrons. The number of amides is 2. The second kappa shape index (κ2) is 10.4. The van der Waals surface area contributed by atoms with Crippen molar-refractivity contribution in [2.75, 3.05) is 19.7 Å². The number of benzene rings is 1. The smallest absolute Gasteiger partial charge is 0.329 e. The highest BCUT2D eigenvalue weighted by atomic mass is 16.5. The van der Waals surface area contributed by atoms with Crippen molar-refractivity contribution in [3.63, 3.8) is 0 Å². The molecule has 0 saturated carbocycles. The molecule has 0 aromatic heterocycles. The highest BCUT2D eigenvalue weighted by Crippen LogP contribution is 2.07. The molecule has 0 unspecified atom stereocenters. The first kappa shape index (κ1) is 21.4. The molecule has 1 rings (SSSR count). The van der Waals surface area contributed by atoms with Crippen LogP contribution in [0.2, 0.25) is 0 Å². The number of likely N-dealkylation sites (N-methyl/N-ethyl adjacent to an activating group) is 1. The Morgan fingerprint density at radius 3 is 2.31 bits per heavy atom. The van der Waals surface area contributed by atoms with Gasteiger partial charge in [0.15, 0.2) is 6.61 Å². The number of nitrogens with one attached hydrogen (secondary N) is 1. The first-order chi connectivity index (χ1) is 12.3. The van der Waals surface area contributed by atoms with E-state index in [2.05, 4.69) is 11.9 Å². The number of carbonyl (C=O) groups is 3. The van der Waals surface area contributed by atoms with E-state index >= 15 is 0 Å². The van der Waals surface area contributed by atoms with Gasteiger partial charge in [-0.1, -0.05) is 44.2 Å². The van der Waals surface area contributed by atoms with E-state index in [1.54, 1.807) is 49.1 Å². The lowest BCUT2D eigenvalue weighted by molar-refractivity contribution is -0.154. The van der Waals surface area contributed by atoms with Crippen molar-refractivity contribution in [3.05, 3.63) is 48.0 Å². The molecule has 0 spiro atoms. The fraction of sp³-hybridized carbons (Fsp3) is 0.450. The zero-order valence-electron chi connectivity index (χ0n) is 16.0. The molecule has 0 aliphatic rings. The molecule has 0 fully saturated rings. The highest BCUT2D eigenvalue weighted by molar-refractivity contribution is 5.97. The first-order valence-corrected chi connectivity index (χ1v) is 8.71. The number of esters is 1. The van der Waals surface area contributed by atoms with Gasteiger partial charge in [-0.3, -0.25) is 9.59 Å². The predicted octanol–water partition coefficient (Wildman–Crippen LogP) is 2.41. The third kappa shape index (κ3) is 6.70. The Hall–Kier alpha value is -2.63. The fourth-order valence-corrected chi connectivity index (χ4v) is 2.33. The second-order valence-electron chi connectivity index (χ2n) is 6.53. The van der Waals surface area contributed by atoms with Crippen LogP contribution >= 0.6 is 0 Å². The average molecular weight is 360 g/mol. The van der Waals surface area contributed by atoms with E-state index in [1.807, 2.05) is 13.8 Å². The van der Waals surface area contributed by atoms with Crippen LogP contribution in [0.5, 0.6) is 0 Å². The van der Waals surface area contributed by atoms with Gasteiger partial charge in [0.05, 0.1) is 0 Å². The highest BCUT2D eigenvalue weighted by Gasteiger charge is 2.27. The number of ether oxygens (including phenoxy) is 1. The Balaban J connectivity index is 2.67. The number of carbonyl (C=O) groups excluding carboxylic acids is 3. The van der Waals surface area contributed by atoms with Gasteiger partial charge in [-0.25, -0.2) is 4.79 Å². The Labute approximate surface area is 155 Å². The van der Waals surface area contributed by atoms with Crippen molar-refractivity contribution >= 4 is 17.8 Å². The topological polar surface area (TPSA) is 75.7 Å². The van der Waals surface area contributed by atoms with Gasteiger partial charge in [-0.05, 0) is 31.9 Å². The van der Waals surface area contributed by atoms with E-state index in [0.717, 1.165) is 5.57 Å². The van der Waals surface area contributed by atoms with E-state index in [4.69, 9.17) is 4.74 Å². The molecule has 1 aromatic carbocycles. The van der Waals surface area contributed by atoms with Crippen LogP contribution in [0.3, 0.4) is 0 Å². The molecular formula is C20H28N2O4. The summed E-state index contributed by atoms with van der Waals surface area (Å²) in [7, 11) is 0. The molecule has 0 saturated heterocycles. The van der Waals surface area contributed by atoms with Crippen LogP contribution in [0, 0.1) is 5.92 Å². The molecule has 0 bridgehead atoms. The van der Waals surface area contributed by atoms with Gasteiger partial charge in [-0.15, -0.1) is 0 Å². The number of hydrogen-bond donors (Lipinski definition) is 1. The van der Waals surface area contributed by atoms with Gasteiger partial charge in [0.2, 0.25) is 0 Å². The number of rotatable bonds is 9. The maximum absolute atomic E-state index is 12.4. The molecule has 0 aliphatic heterocycles. The summed E-state index contributed by atoms with van der Waals surface area (Å²) in [5.41, 5.74) is 1.31. The summed E-state index contributed by atoms with van der Waals surface area (Å²) in [5, 5.41) is 2.68. The summed E-state index contributed by atoms with van der Waals surface area (Å²) in [6.45, 7) is 11.6. The van der Waals surface area contributed by atoms with E-state index < -0.39 is 12.0 Å². The van der Waals surface area contributed by atoms with Crippen molar-refractivity contribution in [3.8, 4) is 0 Å². The SMILES string of the molecule is C=C(C)CN(CC)C(=O)COC(=O)[C@H](NC(=O)c1ccccc1)C(C)C. The average Bonchev–Trinajstić information content (AvgIpc) is 2.61. The van der Waals surface area contributed by atoms with Gasteiger partial charge >= 0.3 is 5.97 Å². The van der Waals surface area contributed by atoms with Gasteiger partial charge in [-0.2, -0.15) is 0 Å². The largest absolute Gasteiger partial charge is 0.454 e. The Bertz CT molecular complexity index is 640. The Morgan fingerprint density at radius 1 is 1.19 bits per heavy atom. The number of hydrogen-bond acceptors (Lipinski definition) is 4. The summed E-state index contributed by atoms with van der Waals surface area (Å²) in [5.74, 6) is -1.45. The molecule has 1 aromatic rings. The molecule has 6 nitrogen and oxygen atoms in total. The quantitative estimate of drug-likeness (QED) is 0.542. The molecule has 0 heterocycles. The van der Waals surface area contributed by atoms with Crippen LogP contribution in [0.25, 0.3) is 0 Å². The van der Waals surface area contributed by atoms with E-state index in [0.29, 0.717) is 18.7 Å². The van der Waals surface area contributed by atoms with Crippen molar-refractivity contribution in [2.45, 2.75) is 33.7 Å². The second-order valence-corrected chi connectivity index (χ2v) is 6.53. The minimum Gasteiger partial charge on any atom is -0.454 e. The van der Waals surface area contributed by atoms with Crippen LogP contribution in [0.4, 0.5) is 0 Å². The maximum atomic E-state index is 12.4. The van der Waals surface area contributed by atoms with Crippen molar-refractivity contribution in [1.29, 1.82) is 0 Å².